The summed E-state index contributed by atoms with van der Waals surface area (Å²) in [5.41, 5.74) is 1.13. The largest absolute Gasteiger partial charge is 0.497 e. The third-order valence-electron chi connectivity index (χ3n) is 3.87. The van der Waals surface area contributed by atoms with Crippen LogP contribution in [-0.2, 0) is 4.79 Å². The van der Waals surface area contributed by atoms with E-state index in [1.54, 1.807) is 7.11 Å². The molecule has 1 aliphatic rings. The third kappa shape index (κ3) is 3.51. The molecule has 1 saturated heterocycles. The molecule has 1 aliphatic heterocycles. The lowest BCUT2D eigenvalue weighted by atomic mass is 9.95. The van der Waals surface area contributed by atoms with Gasteiger partial charge in [0.05, 0.1) is 19.1 Å². The van der Waals surface area contributed by atoms with Gasteiger partial charge >= 0.3 is 0 Å². The minimum atomic E-state index is 0.0500. The second-order valence-electron chi connectivity index (χ2n) is 5.69. The maximum absolute atomic E-state index is 12.3. The van der Waals surface area contributed by atoms with E-state index in [2.05, 4.69) is 24.5 Å². The Morgan fingerprint density at radius 1 is 1.35 bits per heavy atom. The molecule has 0 radical (unpaired) electrons. The van der Waals surface area contributed by atoms with Crippen LogP contribution in [0.2, 0.25) is 0 Å². The number of nitrogens with one attached hydrogen (secondary N) is 2. The fourth-order valence-corrected chi connectivity index (χ4v) is 2.60. The lowest BCUT2D eigenvalue weighted by Gasteiger charge is -2.24. The Balaban J connectivity index is 2.07. The molecule has 4 nitrogen and oxygen atoms in total. The van der Waals surface area contributed by atoms with Crippen LogP contribution in [0.1, 0.15) is 31.9 Å². The first kappa shape index (κ1) is 14.9. The summed E-state index contributed by atoms with van der Waals surface area (Å²) in [5, 5.41) is 6.43. The molecule has 1 heterocycles. The standard InChI is InChI=1S/C16H24N2O2/c1-11(2)15(12-4-6-14(20-3)7-5-12)18-16(19)13-8-9-17-10-13/h4-7,11,13,15,17H,8-10H2,1-3H3,(H,18,19). The van der Waals surface area contributed by atoms with E-state index in [1.165, 1.54) is 0 Å². The van der Waals surface area contributed by atoms with Gasteiger partial charge in [0.25, 0.3) is 0 Å². The van der Waals surface area contributed by atoms with Crippen molar-refractivity contribution in [1.82, 2.24) is 10.6 Å². The normalized spacial score (nSPS) is 19.9. The van der Waals surface area contributed by atoms with E-state index in [9.17, 15) is 4.79 Å². The molecular formula is C16H24N2O2. The van der Waals surface area contributed by atoms with Gasteiger partial charge in [-0.05, 0) is 36.6 Å². The van der Waals surface area contributed by atoms with Gasteiger partial charge in [-0.15, -0.1) is 0 Å². The number of rotatable bonds is 5. The zero-order valence-corrected chi connectivity index (χ0v) is 12.5. The molecule has 2 unspecified atom stereocenters. The highest BCUT2D eigenvalue weighted by atomic mass is 16.5. The van der Waals surface area contributed by atoms with E-state index in [-0.39, 0.29) is 17.9 Å². The molecule has 2 rings (SSSR count). The first-order valence-corrected chi connectivity index (χ1v) is 7.27. The number of hydrogen-bond acceptors (Lipinski definition) is 3. The second-order valence-corrected chi connectivity index (χ2v) is 5.69. The van der Waals surface area contributed by atoms with E-state index in [0.717, 1.165) is 30.8 Å². The molecule has 110 valence electrons. The summed E-state index contributed by atoms with van der Waals surface area (Å²) < 4.78 is 5.18. The Morgan fingerprint density at radius 3 is 2.55 bits per heavy atom. The highest BCUT2D eigenvalue weighted by Gasteiger charge is 2.26. The number of carbonyl (C=O) groups excluding carboxylic acids is 1. The maximum atomic E-state index is 12.3. The molecule has 20 heavy (non-hydrogen) atoms. The number of hydrogen-bond donors (Lipinski definition) is 2. The minimum Gasteiger partial charge on any atom is -0.497 e. The van der Waals surface area contributed by atoms with E-state index in [0.29, 0.717) is 5.92 Å². The molecule has 1 amide bonds. The molecule has 0 aliphatic carbocycles. The van der Waals surface area contributed by atoms with E-state index in [4.69, 9.17) is 4.74 Å². The summed E-state index contributed by atoms with van der Waals surface area (Å²) in [7, 11) is 1.66. The molecule has 0 saturated carbocycles. The molecule has 1 fully saturated rings. The van der Waals surface area contributed by atoms with Gasteiger partial charge in [-0.2, -0.15) is 0 Å². The van der Waals surface area contributed by atoms with Crippen LogP contribution in [0, 0.1) is 11.8 Å². The van der Waals surface area contributed by atoms with Gasteiger partial charge in [0.2, 0.25) is 5.91 Å². The SMILES string of the molecule is COc1ccc(C(NC(=O)C2CCNC2)C(C)C)cc1. The molecule has 0 bridgehead atoms. The van der Waals surface area contributed by atoms with Crippen molar-refractivity contribution >= 4 is 5.91 Å². The summed E-state index contributed by atoms with van der Waals surface area (Å²) in [6.45, 7) is 5.98. The fourth-order valence-electron chi connectivity index (χ4n) is 2.60. The predicted octanol–water partition coefficient (Wildman–Crippen LogP) is 2.12. The number of carbonyl (C=O) groups is 1. The van der Waals surface area contributed by atoms with Gasteiger partial charge < -0.3 is 15.4 Å². The second kappa shape index (κ2) is 6.75. The quantitative estimate of drug-likeness (QED) is 0.866. The van der Waals surface area contributed by atoms with Crippen LogP contribution in [0.25, 0.3) is 0 Å². The fraction of sp³-hybridized carbons (Fsp3) is 0.562. The number of ether oxygens (including phenoxy) is 1. The summed E-state index contributed by atoms with van der Waals surface area (Å²) in [5.74, 6) is 1.45. The molecule has 4 heteroatoms. The Morgan fingerprint density at radius 2 is 2.05 bits per heavy atom. The molecule has 2 atom stereocenters. The van der Waals surface area contributed by atoms with Crippen LogP contribution in [-0.4, -0.2) is 26.1 Å². The zero-order chi connectivity index (χ0) is 14.5. The lowest BCUT2D eigenvalue weighted by molar-refractivity contribution is -0.125. The van der Waals surface area contributed by atoms with Crippen molar-refractivity contribution in [3.05, 3.63) is 29.8 Å². The number of benzene rings is 1. The summed E-state index contributed by atoms with van der Waals surface area (Å²) in [4.78, 5) is 12.3. The Labute approximate surface area is 120 Å². The van der Waals surface area contributed by atoms with Crippen molar-refractivity contribution in [2.75, 3.05) is 20.2 Å². The third-order valence-corrected chi connectivity index (χ3v) is 3.87. The monoisotopic (exact) mass is 276 g/mol. The van der Waals surface area contributed by atoms with Gasteiger partial charge in [-0.25, -0.2) is 0 Å². The van der Waals surface area contributed by atoms with Crippen LogP contribution in [0.3, 0.4) is 0 Å². The van der Waals surface area contributed by atoms with Crippen molar-refractivity contribution in [3.63, 3.8) is 0 Å². The average molecular weight is 276 g/mol. The maximum Gasteiger partial charge on any atom is 0.224 e. The highest BCUT2D eigenvalue weighted by molar-refractivity contribution is 5.79. The lowest BCUT2D eigenvalue weighted by Crippen LogP contribution is -2.37. The van der Waals surface area contributed by atoms with Gasteiger partial charge in [0.15, 0.2) is 0 Å². The van der Waals surface area contributed by atoms with Crippen LogP contribution < -0.4 is 15.4 Å². The van der Waals surface area contributed by atoms with Crippen molar-refractivity contribution in [3.8, 4) is 5.75 Å². The average Bonchev–Trinajstić information content (AvgIpc) is 2.98. The summed E-state index contributed by atoms with van der Waals surface area (Å²) in [6, 6.07) is 7.98. The van der Waals surface area contributed by atoms with Crippen LogP contribution >= 0.6 is 0 Å². The summed E-state index contributed by atoms with van der Waals surface area (Å²) >= 11 is 0. The van der Waals surface area contributed by atoms with Crippen LogP contribution in [0.4, 0.5) is 0 Å². The molecule has 0 spiro atoms. The minimum absolute atomic E-state index is 0.0500. The first-order chi connectivity index (χ1) is 9.61. The van der Waals surface area contributed by atoms with E-state index >= 15 is 0 Å². The van der Waals surface area contributed by atoms with Crippen LogP contribution in [0.5, 0.6) is 5.75 Å². The van der Waals surface area contributed by atoms with Crippen molar-refractivity contribution in [2.45, 2.75) is 26.3 Å². The van der Waals surface area contributed by atoms with Gasteiger partial charge in [0.1, 0.15) is 5.75 Å². The Hall–Kier alpha value is -1.55. The smallest absolute Gasteiger partial charge is 0.224 e. The number of methoxy groups -OCH3 is 1. The van der Waals surface area contributed by atoms with Gasteiger partial charge in [-0.1, -0.05) is 26.0 Å². The van der Waals surface area contributed by atoms with Crippen LogP contribution in [0.15, 0.2) is 24.3 Å². The van der Waals surface area contributed by atoms with Crippen molar-refractivity contribution in [1.29, 1.82) is 0 Å². The Kier molecular flexibility index (Phi) is 5.01. The highest BCUT2D eigenvalue weighted by Crippen LogP contribution is 2.24. The summed E-state index contributed by atoms with van der Waals surface area (Å²) in [6.07, 6.45) is 0.930. The molecular weight excluding hydrogens is 252 g/mol. The molecule has 2 N–H and O–H groups in total. The topological polar surface area (TPSA) is 50.4 Å². The predicted molar refractivity (Wildman–Crippen MR) is 79.7 cm³/mol. The Bertz CT molecular complexity index is 436. The molecule has 0 aromatic heterocycles. The van der Waals surface area contributed by atoms with Crippen molar-refractivity contribution < 1.29 is 9.53 Å². The van der Waals surface area contributed by atoms with E-state index in [1.807, 2.05) is 24.3 Å². The zero-order valence-electron chi connectivity index (χ0n) is 12.5. The van der Waals surface area contributed by atoms with Gasteiger partial charge in [0, 0.05) is 6.54 Å². The van der Waals surface area contributed by atoms with Crippen molar-refractivity contribution in [2.24, 2.45) is 11.8 Å². The molecule has 1 aromatic rings. The number of amides is 1. The first-order valence-electron chi connectivity index (χ1n) is 7.27. The van der Waals surface area contributed by atoms with E-state index < -0.39 is 0 Å². The molecule has 1 aromatic carbocycles. The van der Waals surface area contributed by atoms with Gasteiger partial charge in [-0.3, -0.25) is 4.79 Å².